The topological polar surface area (TPSA) is 21.6 Å². The Hall–Kier alpha value is -2.58. The van der Waals surface area contributed by atoms with E-state index >= 15 is 0 Å². The van der Waals surface area contributed by atoms with Crippen LogP contribution in [0.15, 0.2) is 77.8 Å². The van der Waals surface area contributed by atoms with E-state index in [1.807, 2.05) is 48.5 Å². The predicted molar refractivity (Wildman–Crippen MR) is 106 cm³/mol. The Morgan fingerprint density at radius 3 is 2.28 bits per heavy atom. The molecule has 0 N–H and O–H groups in total. The van der Waals surface area contributed by atoms with Crippen LogP contribution in [0.2, 0.25) is 0 Å². The quantitative estimate of drug-likeness (QED) is 0.529. The fourth-order valence-corrected chi connectivity index (χ4v) is 2.83. The van der Waals surface area contributed by atoms with Gasteiger partial charge in [-0.3, -0.25) is 4.99 Å². The van der Waals surface area contributed by atoms with Crippen LogP contribution in [-0.2, 0) is 6.54 Å². The number of hydrogen-bond acceptors (Lipinski definition) is 2. The molecule has 0 spiro atoms. The van der Waals surface area contributed by atoms with Crippen molar-refractivity contribution in [1.29, 1.82) is 0 Å². The van der Waals surface area contributed by atoms with Gasteiger partial charge in [-0.15, -0.1) is 0 Å². The molecule has 3 aromatic rings. The molecule has 3 aromatic carbocycles. The summed E-state index contributed by atoms with van der Waals surface area (Å²) < 4.78 is 5.23. The van der Waals surface area contributed by atoms with Crippen molar-refractivity contribution in [3.8, 4) is 16.9 Å². The molecule has 25 heavy (non-hydrogen) atoms. The molecule has 126 valence electrons. The molecule has 0 fully saturated rings. The van der Waals surface area contributed by atoms with Gasteiger partial charge in [-0.05, 0) is 35.7 Å². The summed E-state index contributed by atoms with van der Waals surface area (Å²) in [7, 11) is 1.67. The van der Waals surface area contributed by atoms with Gasteiger partial charge in [0.1, 0.15) is 10.9 Å². The number of benzene rings is 3. The van der Waals surface area contributed by atoms with Crippen molar-refractivity contribution in [2.45, 2.75) is 13.5 Å². The van der Waals surface area contributed by atoms with Crippen LogP contribution in [0.25, 0.3) is 11.1 Å². The zero-order valence-electron chi connectivity index (χ0n) is 14.4. The molecule has 0 heterocycles. The normalized spacial score (nSPS) is 11.4. The second kappa shape index (κ2) is 8.00. The van der Waals surface area contributed by atoms with E-state index in [4.69, 9.17) is 16.3 Å². The molecule has 0 atom stereocenters. The third-order valence-corrected chi connectivity index (χ3v) is 4.43. The van der Waals surface area contributed by atoms with Crippen molar-refractivity contribution in [2.24, 2.45) is 4.99 Å². The Bertz CT molecular complexity index is 867. The first-order valence-electron chi connectivity index (χ1n) is 8.16. The van der Waals surface area contributed by atoms with Crippen LogP contribution in [0.3, 0.4) is 0 Å². The first kappa shape index (κ1) is 17.2. The Kier molecular flexibility index (Phi) is 5.52. The maximum absolute atomic E-state index is 6.38. The number of aliphatic imine (C=N–C) groups is 1. The summed E-state index contributed by atoms with van der Waals surface area (Å²) in [6.07, 6.45) is 0. The number of nitrogens with zero attached hydrogens (tertiary/aromatic N) is 1. The lowest BCUT2D eigenvalue weighted by molar-refractivity contribution is 0.415. The molecule has 0 saturated heterocycles. The monoisotopic (exact) mass is 349 g/mol. The molecule has 3 rings (SSSR count). The third-order valence-electron chi connectivity index (χ3n) is 4.10. The van der Waals surface area contributed by atoms with Crippen LogP contribution < -0.4 is 4.74 Å². The van der Waals surface area contributed by atoms with Gasteiger partial charge in [0, 0.05) is 5.56 Å². The molecule has 3 heteroatoms. The lowest BCUT2D eigenvalue weighted by Crippen LogP contribution is -1.94. The van der Waals surface area contributed by atoms with Crippen molar-refractivity contribution < 1.29 is 4.74 Å². The van der Waals surface area contributed by atoms with Crippen LogP contribution in [0.1, 0.15) is 16.7 Å². The van der Waals surface area contributed by atoms with Crippen LogP contribution in [-0.4, -0.2) is 12.3 Å². The minimum absolute atomic E-state index is 0.532. The maximum Gasteiger partial charge on any atom is 0.131 e. The molecule has 0 unspecified atom stereocenters. The van der Waals surface area contributed by atoms with Gasteiger partial charge in [-0.2, -0.15) is 0 Å². The molecule has 0 amide bonds. The highest BCUT2D eigenvalue weighted by atomic mass is 35.5. The van der Waals surface area contributed by atoms with Gasteiger partial charge in [-0.1, -0.05) is 77.8 Å². The number of aryl methyl sites for hydroxylation is 1. The average Bonchev–Trinajstić information content (AvgIpc) is 2.67. The summed E-state index contributed by atoms with van der Waals surface area (Å²) in [6, 6.07) is 24.4. The molecule has 0 aromatic heterocycles. The molecule has 2 nitrogen and oxygen atoms in total. The van der Waals surface area contributed by atoms with Gasteiger partial charge in [0.2, 0.25) is 0 Å². The van der Waals surface area contributed by atoms with E-state index in [-0.39, 0.29) is 0 Å². The standard InChI is InChI=1S/C22H20ClNO/c1-16-7-9-18(10-8-16)22(23)24-15-19-5-3-4-6-21(19)17-11-13-20(25-2)14-12-17/h3-14H,15H2,1-2H3. The molecular weight excluding hydrogens is 330 g/mol. The fraction of sp³-hybridized carbons (Fsp3) is 0.136. The van der Waals surface area contributed by atoms with E-state index in [0.717, 1.165) is 28.0 Å². The Morgan fingerprint density at radius 2 is 1.60 bits per heavy atom. The van der Waals surface area contributed by atoms with Gasteiger partial charge in [0.15, 0.2) is 0 Å². The predicted octanol–water partition coefficient (Wildman–Crippen LogP) is 5.86. The summed E-state index contributed by atoms with van der Waals surface area (Å²) in [5.41, 5.74) is 5.57. The zero-order valence-corrected chi connectivity index (χ0v) is 15.1. The highest BCUT2D eigenvalue weighted by Gasteiger charge is 2.06. The minimum atomic E-state index is 0.532. The SMILES string of the molecule is COc1ccc(-c2ccccc2CN=C(Cl)c2ccc(C)cc2)cc1. The Balaban J connectivity index is 1.85. The van der Waals surface area contributed by atoms with Crippen LogP contribution in [0, 0.1) is 6.92 Å². The smallest absolute Gasteiger partial charge is 0.131 e. The van der Waals surface area contributed by atoms with Crippen molar-refractivity contribution in [1.82, 2.24) is 0 Å². The van der Waals surface area contributed by atoms with Crippen LogP contribution in [0.4, 0.5) is 0 Å². The number of halogens is 1. The molecule has 0 aliphatic carbocycles. The molecule has 0 radical (unpaired) electrons. The van der Waals surface area contributed by atoms with E-state index in [2.05, 4.69) is 36.2 Å². The molecule has 0 saturated carbocycles. The van der Waals surface area contributed by atoms with Gasteiger partial charge < -0.3 is 4.74 Å². The van der Waals surface area contributed by atoms with E-state index in [1.54, 1.807) is 7.11 Å². The van der Waals surface area contributed by atoms with Crippen molar-refractivity contribution >= 4 is 16.8 Å². The number of methoxy groups -OCH3 is 1. The van der Waals surface area contributed by atoms with Gasteiger partial charge in [0.05, 0.1) is 13.7 Å². The van der Waals surface area contributed by atoms with Crippen molar-refractivity contribution in [2.75, 3.05) is 7.11 Å². The Morgan fingerprint density at radius 1 is 0.920 bits per heavy atom. The summed E-state index contributed by atoms with van der Waals surface area (Å²) in [4.78, 5) is 4.57. The largest absolute Gasteiger partial charge is 0.497 e. The van der Waals surface area contributed by atoms with E-state index in [1.165, 1.54) is 5.56 Å². The highest BCUT2D eigenvalue weighted by molar-refractivity contribution is 6.69. The maximum atomic E-state index is 6.38. The van der Waals surface area contributed by atoms with E-state index in [0.29, 0.717) is 11.7 Å². The summed E-state index contributed by atoms with van der Waals surface area (Å²) in [6.45, 7) is 2.59. The molecular formula is C22H20ClNO. The van der Waals surface area contributed by atoms with E-state index < -0.39 is 0 Å². The third kappa shape index (κ3) is 4.28. The zero-order chi connectivity index (χ0) is 17.6. The lowest BCUT2D eigenvalue weighted by Gasteiger charge is -2.09. The highest BCUT2D eigenvalue weighted by Crippen LogP contribution is 2.26. The summed E-state index contributed by atoms with van der Waals surface area (Å²) in [5.74, 6) is 0.849. The van der Waals surface area contributed by atoms with Gasteiger partial charge in [0.25, 0.3) is 0 Å². The van der Waals surface area contributed by atoms with E-state index in [9.17, 15) is 0 Å². The second-order valence-corrected chi connectivity index (χ2v) is 6.22. The minimum Gasteiger partial charge on any atom is -0.497 e. The fourth-order valence-electron chi connectivity index (χ4n) is 2.65. The van der Waals surface area contributed by atoms with Gasteiger partial charge in [-0.25, -0.2) is 0 Å². The van der Waals surface area contributed by atoms with Crippen molar-refractivity contribution in [3.63, 3.8) is 0 Å². The number of rotatable bonds is 5. The van der Waals surface area contributed by atoms with Crippen LogP contribution in [0.5, 0.6) is 5.75 Å². The number of ether oxygens (including phenoxy) is 1. The second-order valence-electron chi connectivity index (χ2n) is 5.86. The average molecular weight is 350 g/mol. The first-order chi connectivity index (χ1) is 12.2. The van der Waals surface area contributed by atoms with Gasteiger partial charge >= 0.3 is 0 Å². The number of hydrogen-bond donors (Lipinski definition) is 0. The van der Waals surface area contributed by atoms with Crippen molar-refractivity contribution in [3.05, 3.63) is 89.5 Å². The Labute approximate surface area is 153 Å². The lowest BCUT2D eigenvalue weighted by atomic mass is 10.00. The molecule has 0 aliphatic heterocycles. The summed E-state index contributed by atoms with van der Waals surface area (Å²) in [5, 5.41) is 0.532. The first-order valence-corrected chi connectivity index (χ1v) is 8.54. The van der Waals surface area contributed by atoms with Crippen LogP contribution >= 0.6 is 11.6 Å². The molecule has 0 bridgehead atoms. The summed E-state index contributed by atoms with van der Waals surface area (Å²) >= 11 is 6.38. The molecule has 0 aliphatic rings.